The monoisotopic (exact) mass is 771 g/mol. The molecule has 2 aliphatic rings. The van der Waals surface area contributed by atoms with Gasteiger partial charge in [0.25, 0.3) is 0 Å². The smallest absolute Gasteiger partial charge is 0.409 e. The van der Waals surface area contributed by atoms with Gasteiger partial charge in [0, 0.05) is 48.7 Å². The lowest BCUT2D eigenvalue weighted by molar-refractivity contribution is -0.118. The summed E-state index contributed by atoms with van der Waals surface area (Å²) in [7, 11) is 1.34. The molecule has 2 aliphatic heterocycles. The highest BCUT2D eigenvalue weighted by Crippen LogP contribution is 2.53. The van der Waals surface area contributed by atoms with Crippen molar-refractivity contribution >= 4 is 46.9 Å². The number of methoxy groups -OCH3 is 1. The minimum absolute atomic E-state index is 0.0511. The number of piperazine rings is 1. The van der Waals surface area contributed by atoms with E-state index < -0.39 is 58.4 Å². The van der Waals surface area contributed by atoms with Gasteiger partial charge >= 0.3 is 12.1 Å². The lowest BCUT2D eigenvalue weighted by Crippen LogP contribution is -2.46. The van der Waals surface area contributed by atoms with E-state index in [1.54, 1.807) is 4.90 Å². The molecule has 0 aliphatic carbocycles. The molecule has 0 spiro atoms. The number of nitriles is 1. The third kappa shape index (κ3) is 8.68. The van der Waals surface area contributed by atoms with E-state index in [2.05, 4.69) is 22.0 Å². The second-order valence-electron chi connectivity index (χ2n) is 14.1. The summed E-state index contributed by atoms with van der Waals surface area (Å²) >= 11 is 12.4. The summed E-state index contributed by atoms with van der Waals surface area (Å²) in [6.45, 7) is 7.88. The van der Waals surface area contributed by atoms with Gasteiger partial charge in [-0.1, -0.05) is 62.2 Å². The molecule has 11 nitrogen and oxygen atoms in total. The molecule has 0 saturated carbocycles. The lowest BCUT2D eigenvalue weighted by Gasteiger charge is -2.37. The molecule has 0 bridgehead atoms. The van der Waals surface area contributed by atoms with Gasteiger partial charge in [0.2, 0.25) is 5.91 Å². The Bertz CT molecular complexity index is 1900. The third-order valence-electron chi connectivity index (χ3n) is 9.34. The maximum atomic E-state index is 16.0. The highest BCUT2D eigenvalue weighted by molar-refractivity contribution is 6.31. The fourth-order valence-corrected chi connectivity index (χ4v) is 7.31. The Labute approximate surface area is 316 Å². The highest BCUT2D eigenvalue weighted by Gasteiger charge is 2.61. The fourth-order valence-electron chi connectivity index (χ4n) is 6.97. The van der Waals surface area contributed by atoms with Crippen LogP contribution in [0.3, 0.4) is 0 Å². The molecule has 2 heterocycles. The first-order chi connectivity index (χ1) is 25.2. The van der Waals surface area contributed by atoms with Crippen LogP contribution >= 0.6 is 23.2 Å². The first-order valence-corrected chi connectivity index (χ1v) is 17.8. The Morgan fingerprint density at radius 1 is 1.04 bits per heavy atom. The number of amides is 2. The molecule has 3 aromatic carbocycles. The summed E-state index contributed by atoms with van der Waals surface area (Å²) in [4.78, 5) is 41.0. The number of hydrogen-bond donors (Lipinski definition) is 3. The molecule has 2 fully saturated rings. The van der Waals surface area contributed by atoms with E-state index in [4.69, 9.17) is 37.4 Å². The summed E-state index contributed by atoms with van der Waals surface area (Å²) in [5.74, 6) is -4.21. The first kappa shape index (κ1) is 39.7. The molecule has 53 heavy (non-hydrogen) atoms. The van der Waals surface area contributed by atoms with E-state index in [0.717, 1.165) is 6.07 Å². The molecule has 3 N–H and O–H groups in total. The minimum atomic E-state index is -1.81. The average Bonchev–Trinajstić information content (AvgIpc) is 3.44. The zero-order valence-electron chi connectivity index (χ0n) is 29.7. The SMILES string of the molecule is COc1cc(C(=O)OCCOC(=O)N2CCNCC2)ccc1NC(=O)[C@@H]1N[C@@H](CC(C)(C)C)[C@](C#N)(c2ccc(Cl)cc2F)[C@H]1c1cccc(Cl)c1F. The van der Waals surface area contributed by atoms with Gasteiger partial charge in [-0.2, -0.15) is 5.26 Å². The Kier molecular flexibility index (Phi) is 12.5. The molecule has 2 amide bonds. The Morgan fingerprint density at radius 3 is 2.42 bits per heavy atom. The van der Waals surface area contributed by atoms with Crippen molar-refractivity contribution in [1.29, 1.82) is 5.26 Å². The van der Waals surface area contributed by atoms with Crippen molar-refractivity contribution in [3.05, 3.63) is 93.0 Å². The third-order valence-corrected chi connectivity index (χ3v) is 9.87. The zero-order valence-corrected chi connectivity index (χ0v) is 31.2. The van der Waals surface area contributed by atoms with Crippen LogP contribution in [0.1, 0.15) is 54.6 Å². The second-order valence-corrected chi connectivity index (χ2v) is 14.9. The number of nitrogens with one attached hydrogen (secondary N) is 3. The van der Waals surface area contributed by atoms with E-state index in [9.17, 15) is 19.6 Å². The average molecular weight is 773 g/mol. The number of benzene rings is 3. The van der Waals surface area contributed by atoms with E-state index >= 15 is 8.78 Å². The topological polar surface area (TPSA) is 142 Å². The molecule has 0 aromatic heterocycles. The molecular formula is C38H41Cl2F2N5O6. The molecule has 5 rings (SSSR count). The summed E-state index contributed by atoms with van der Waals surface area (Å²) in [5, 5.41) is 20.2. The van der Waals surface area contributed by atoms with Crippen LogP contribution in [0.15, 0.2) is 54.6 Å². The summed E-state index contributed by atoms with van der Waals surface area (Å²) in [5.41, 5.74) is -2.09. The normalized spacial score (nSPS) is 21.4. The van der Waals surface area contributed by atoms with E-state index in [0.29, 0.717) is 32.6 Å². The van der Waals surface area contributed by atoms with Crippen LogP contribution in [0.2, 0.25) is 10.0 Å². The Hall–Kier alpha value is -4.48. The number of rotatable bonds is 10. The molecule has 4 atom stereocenters. The van der Waals surface area contributed by atoms with Crippen LogP contribution in [0.5, 0.6) is 5.75 Å². The van der Waals surface area contributed by atoms with Crippen molar-refractivity contribution in [1.82, 2.24) is 15.5 Å². The number of anilines is 1. The van der Waals surface area contributed by atoms with Crippen LogP contribution in [-0.2, 0) is 19.7 Å². The largest absolute Gasteiger partial charge is 0.495 e. The predicted molar refractivity (Wildman–Crippen MR) is 195 cm³/mol. The summed E-state index contributed by atoms with van der Waals surface area (Å²) < 4.78 is 47.9. The van der Waals surface area contributed by atoms with Crippen molar-refractivity contribution in [3.63, 3.8) is 0 Å². The summed E-state index contributed by atoms with van der Waals surface area (Å²) in [6, 6.07) is 12.6. The number of hydrogen-bond acceptors (Lipinski definition) is 9. The van der Waals surface area contributed by atoms with Gasteiger partial charge in [-0.15, -0.1) is 0 Å². The molecule has 0 unspecified atom stereocenters. The Morgan fingerprint density at radius 2 is 1.75 bits per heavy atom. The number of nitrogens with zero attached hydrogens (tertiary/aromatic N) is 2. The quantitative estimate of drug-likeness (QED) is 0.157. The van der Waals surface area contributed by atoms with Crippen molar-refractivity contribution in [2.45, 2.75) is 50.6 Å². The first-order valence-electron chi connectivity index (χ1n) is 17.1. The van der Waals surface area contributed by atoms with Gasteiger partial charge in [-0.25, -0.2) is 18.4 Å². The molecule has 15 heteroatoms. The molecule has 3 aromatic rings. The van der Waals surface area contributed by atoms with Gasteiger partial charge in [-0.05, 0) is 53.8 Å². The number of carbonyl (C=O) groups excluding carboxylic acids is 3. The van der Waals surface area contributed by atoms with Gasteiger partial charge in [-0.3, -0.25) is 4.79 Å². The standard InChI is InChI=1S/C38H41Cl2F2N5O6/c1-37(2,3)20-30-38(21-43,25-10-9-23(39)19-27(25)41)31(24-6-5-7-26(40)32(24)42)33(46-30)34(48)45-28-11-8-22(18-29(28)51-4)35(49)52-16-17-53-36(50)47-14-12-44-13-15-47/h5-11,18-19,30-31,33,44,46H,12-17,20H2,1-4H3,(H,45,48)/t30-,31-,33+,38-/m0/s1. The van der Waals surface area contributed by atoms with Crippen molar-refractivity contribution < 1.29 is 37.4 Å². The number of ether oxygens (including phenoxy) is 3. The van der Waals surface area contributed by atoms with Gasteiger partial charge in [0.15, 0.2) is 0 Å². The zero-order chi connectivity index (χ0) is 38.5. The predicted octanol–water partition coefficient (Wildman–Crippen LogP) is 6.44. The lowest BCUT2D eigenvalue weighted by atomic mass is 9.62. The van der Waals surface area contributed by atoms with Crippen molar-refractivity contribution in [3.8, 4) is 11.8 Å². The van der Waals surface area contributed by atoms with Crippen LogP contribution in [-0.4, -0.2) is 81.5 Å². The highest BCUT2D eigenvalue weighted by atomic mass is 35.5. The van der Waals surface area contributed by atoms with Crippen LogP contribution in [0.4, 0.5) is 19.3 Å². The second kappa shape index (κ2) is 16.7. The van der Waals surface area contributed by atoms with Crippen LogP contribution in [0.25, 0.3) is 0 Å². The summed E-state index contributed by atoms with van der Waals surface area (Å²) in [6.07, 6.45) is -0.198. The Balaban J connectivity index is 1.43. The van der Waals surface area contributed by atoms with E-state index in [1.807, 2.05) is 20.8 Å². The van der Waals surface area contributed by atoms with Crippen LogP contribution in [0, 0.1) is 28.4 Å². The number of carbonyl (C=O) groups is 3. The molecular weight excluding hydrogens is 731 g/mol. The van der Waals surface area contributed by atoms with E-state index in [-0.39, 0.29) is 51.4 Å². The van der Waals surface area contributed by atoms with Crippen LogP contribution < -0.4 is 20.7 Å². The minimum Gasteiger partial charge on any atom is -0.495 e. The number of halogens is 4. The molecule has 2 saturated heterocycles. The van der Waals surface area contributed by atoms with Gasteiger partial charge in [0.05, 0.1) is 35.5 Å². The van der Waals surface area contributed by atoms with Crippen molar-refractivity contribution in [2.75, 3.05) is 51.8 Å². The molecule has 0 radical (unpaired) electrons. The van der Waals surface area contributed by atoms with Gasteiger partial charge in [0.1, 0.15) is 36.0 Å². The van der Waals surface area contributed by atoms with Gasteiger partial charge < -0.3 is 35.1 Å². The maximum absolute atomic E-state index is 16.0. The maximum Gasteiger partial charge on any atom is 0.409 e. The van der Waals surface area contributed by atoms with E-state index in [1.165, 1.54) is 55.6 Å². The molecule has 282 valence electrons. The van der Waals surface area contributed by atoms with Crippen molar-refractivity contribution in [2.24, 2.45) is 5.41 Å². The fraction of sp³-hybridized carbons (Fsp3) is 0.421. The number of esters is 1.